The predicted octanol–water partition coefficient (Wildman–Crippen LogP) is 5.72. The number of benzene rings is 2. The van der Waals surface area contributed by atoms with Gasteiger partial charge >= 0.3 is 5.97 Å². The van der Waals surface area contributed by atoms with Gasteiger partial charge in [0.15, 0.2) is 5.17 Å². The lowest BCUT2D eigenvalue weighted by Crippen LogP contribution is -2.28. The fourth-order valence-corrected chi connectivity index (χ4v) is 4.38. The van der Waals surface area contributed by atoms with Gasteiger partial charge < -0.3 is 9.52 Å². The summed E-state index contributed by atoms with van der Waals surface area (Å²) in [6, 6.07) is 14.2. The van der Waals surface area contributed by atoms with Crippen LogP contribution in [0.1, 0.15) is 28.6 Å². The van der Waals surface area contributed by atoms with E-state index in [-0.39, 0.29) is 17.3 Å². The molecule has 32 heavy (non-hydrogen) atoms. The number of carboxylic acid groups (broad SMARTS) is 1. The van der Waals surface area contributed by atoms with Crippen molar-refractivity contribution in [2.45, 2.75) is 13.8 Å². The summed E-state index contributed by atoms with van der Waals surface area (Å²) < 4.78 is 19.0. The molecule has 1 aliphatic heterocycles. The van der Waals surface area contributed by atoms with E-state index in [1.165, 1.54) is 23.9 Å². The maximum absolute atomic E-state index is 13.2. The molecule has 2 heterocycles. The molecule has 162 valence electrons. The molecule has 1 N–H and O–H groups in total. The molecule has 6 nitrogen and oxygen atoms in total. The van der Waals surface area contributed by atoms with Crippen LogP contribution in [0.15, 0.2) is 68.9 Å². The lowest BCUT2D eigenvalue weighted by molar-refractivity contribution is -0.122. The zero-order valence-electron chi connectivity index (χ0n) is 17.3. The van der Waals surface area contributed by atoms with Crippen molar-refractivity contribution in [1.82, 2.24) is 4.90 Å². The summed E-state index contributed by atoms with van der Waals surface area (Å²) in [5.74, 6) is -0.565. The molecule has 0 radical (unpaired) electrons. The SMILES string of the molecule is CCN1C(=O)/C(=C\c2ccc(-c3cccc(C(=O)O)c3C)o2)SC1=Nc1ccc(F)cc1. The van der Waals surface area contributed by atoms with Crippen LogP contribution in [0.25, 0.3) is 17.4 Å². The van der Waals surface area contributed by atoms with Crippen molar-refractivity contribution in [2.24, 2.45) is 4.99 Å². The first kappa shape index (κ1) is 21.6. The number of likely N-dealkylation sites (N-methyl/N-ethyl adjacent to an activating group) is 1. The van der Waals surface area contributed by atoms with Crippen molar-refractivity contribution >= 4 is 40.6 Å². The first-order chi connectivity index (χ1) is 15.4. The van der Waals surface area contributed by atoms with Crippen LogP contribution < -0.4 is 0 Å². The number of carbonyl (C=O) groups excluding carboxylic acids is 1. The van der Waals surface area contributed by atoms with Gasteiger partial charge in [0, 0.05) is 18.2 Å². The van der Waals surface area contributed by atoms with Gasteiger partial charge in [-0.25, -0.2) is 14.2 Å². The molecule has 0 atom stereocenters. The van der Waals surface area contributed by atoms with Gasteiger partial charge in [-0.1, -0.05) is 12.1 Å². The van der Waals surface area contributed by atoms with E-state index in [0.717, 1.165) is 0 Å². The van der Waals surface area contributed by atoms with Crippen molar-refractivity contribution in [3.05, 3.63) is 82.2 Å². The molecule has 0 spiro atoms. The Morgan fingerprint density at radius 3 is 2.62 bits per heavy atom. The molecule has 0 saturated carbocycles. The summed E-state index contributed by atoms with van der Waals surface area (Å²) >= 11 is 1.22. The number of amidine groups is 1. The molecular weight excluding hydrogens is 431 g/mol. The Hall–Kier alpha value is -3.65. The number of hydrogen-bond acceptors (Lipinski definition) is 5. The monoisotopic (exact) mass is 450 g/mol. The fraction of sp³-hybridized carbons (Fsp3) is 0.125. The molecule has 1 amide bonds. The van der Waals surface area contributed by atoms with Gasteiger partial charge in [-0.15, -0.1) is 0 Å². The number of carboxylic acids is 1. The fourth-order valence-electron chi connectivity index (χ4n) is 3.33. The van der Waals surface area contributed by atoms with E-state index in [1.807, 2.05) is 6.92 Å². The molecule has 8 heteroatoms. The molecule has 1 saturated heterocycles. The summed E-state index contributed by atoms with van der Waals surface area (Å²) in [7, 11) is 0. The average Bonchev–Trinajstić information content (AvgIpc) is 3.34. The van der Waals surface area contributed by atoms with E-state index >= 15 is 0 Å². The van der Waals surface area contributed by atoms with Crippen molar-refractivity contribution in [2.75, 3.05) is 6.54 Å². The van der Waals surface area contributed by atoms with Gasteiger partial charge in [-0.05, 0) is 73.6 Å². The third kappa shape index (κ3) is 4.22. The van der Waals surface area contributed by atoms with Gasteiger partial charge in [-0.2, -0.15) is 0 Å². The first-order valence-electron chi connectivity index (χ1n) is 9.86. The summed E-state index contributed by atoms with van der Waals surface area (Å²) in [5.41, 5.74) is 2.04. The number of carbonyl (C=O) groups is 2. The standard InChI is InChI=1S/C24H19FN2O4S/c1-3-27-22(28)21(32-24(27)26-16-9-7-15(25)8-10-16)13-17-11-12-20(31-17)18-5-4-6-19(14(18)2)23(29)30/h4-13H,3H2,1-2H3,(H,29,30)/b21-13+,26-24?. The molecule has 0 unspecified atom stereocenters. The molecule has 0 aliphatic carbocycles. The normalized spacial score (nSPS) is 16.3. The Kier molecular flexibility index (Phi) is 5.96. The third-order valence-corrected chi connectivity index (χ3v) is 5.99. The summed E-state index contributed by atoms with van der Waals surface area (Å²) in [6.07, 6.45) is 1.64. The van der Waals surface area contributed by atoms with Crippen molar-refractivity contribution in [3.63, 3.8) is 0 Å². The van der Waals surface area contributed by atoms with Crippen molar-refractivity contribution in [1.29, 1.82) is 0 Å². The molecule has 1 fully saturated rings. The average molecular weight is 450 g/mol. The highest BCUT2D eigenvalue weighted by molar-refractivity contribution is 8.18. The second-order valence-corrected chi connectivity index (χ2v) is 8.03. The van der Waals surface area contributed by atoms with Crippen LogP contribution in [0.2, 0.25) is 0 Å². The number of rotatable bonds is 5. The number of aromatic carboxylic acids is 1. The molecule has 3 aromatic rings. The number of nitrogens with zero attached hydrogens (tertiary/aromatic N) is 2. The Bertz CT molecular complexity index is 1260. The van der Waals surface area contributed by atoms with E-state index in [0.29, 0.717) is 45.0 Å². The highest BCUT2D eigenvalue weighted by Gasteiger charge is 2.32. The van der Waals surface area contributed by atoms with E-state index in [2.05, 4.69) is 4.99 Å². The minimum atomic E-state index is -1.00. The Morgan fingerprint density at radius 2 is 1.94 bits per heavy atom. The second kappa shape index (κ2) is 8.84. The molecule has 4 rings (SSSR count). The predicted molar refractivity (Wildman–Crippen MR) is 122 cm³/mol. The Morgan fingerprint density at radius 1 is 1.19 bits per heavy atom. The van der Waals surface area contributed by atoms with Crippen LogP contribution >= 0.6 is 11.8 Å². The lowest BCUT2D eigenvalue weighted by atomic mass is 10.0. The van der Waals surface area contributed by atoms with Gasteiger partial charge in [0.25, 0.3) is 5.91 Å². The smallest absolute Gasteiger partial charge is 0.335 e. The minimum absolute atomic E-state index is 0.194. The number of aliphatic imine (C=N–C) groups is 1. The zero-order chi connectivity index (χ0) is 22.8. The Labute approximate surface area is 188 Å². The van der Waals surface area contributed by atoms with Crippen molar-refractivity contribution < 1.29 is 23.5 Å². The van der Waals surface area contributed by atoms with Gasteiger partial charge in [-0.3, -0.25) is 9.69 Å². The number of thioether (sulfide) groups is 1. The van der Waals surface area contributed by atoms with Gasteiger partial charge in [0.05, 0.1) is 16.2 Å². The summed E-state index contributed by atoms with van der Waals surface area (Å²) in [6.45, 7) is 4.02. The van der Waals surface area contributed by atoms with E-state index in [9.17, 15) is 19.1 Å². The zero-order valence-corrected chi connectivity index (χ0v) is 18.1. The number of halogens is 1. The molecular formula is C24H19FN2O4S. The number of hydrogen-bond donors (Lipinski definition) is 1. The van der Waals surface area contributed by atoms with Crippen molar-refractivity contribution in [3.8, 4) is 11.3 Å². The van der Waals surface area contributed by atoms with Crippen LogP contribution in [0.3, 0.4) is 0 Å². The molecule has 2 aromatic carbocycles. The first-order valence-corrected chi connectivity index (χ1v) is 10.7. The highest BCUT2D eigenvalue weighted by atomic mass is 32.2. The highest BCUT2D eigenvalue weighted by Crippen LogP contribution is 2.35. The molecule has 1 aromatic heterocycles. The largest absolute Gasteiger partial charge is 0.478 e. The maximum Gasteiger partial charge on any atom is 0.335 e. The number of amides is 1. The molecule has 1 aliphatic rings. The van der Waals surface area contributed by atoms with Crippen LogP contribution in [0.4, 0.5) is 10.1 Å². The lowest BCUT2D eigenvalue weighted by Gasteiger charge is -2.11. The third-order valence-electron chi connectivity index (χ3n) is 4.99. The maximum atomic E-state index is 13.2. The van der Waals surface area contributed by atoms with Crippen LogP contribution in [-0.2, 0) is 4.79 Å². The number of furan rings is 1. The van der Waals surface area contributed by atoms with E-state index < -0.39 is 5.97 Å². The van der Waals surface area contributed by atoms with Crippen LogP contribution in [0.5, 0.6) is 0 Å². The summed E-state index contributed by atoms with van der Waals surface area (Å²) in [5, 5.41) is 9.85. The Balaban J connectivity index is 1.63. The quantitative estimate of drug-likeness (QED) is 0.503. The minimum Gasteiger partial charge on any atom is -0.478 e. The second-order valence-electron chi connectivity index (χ2n) is 7.02. The van der Waals surface area contributed by atoms with Crippen LogP contribution in [0, 0.1) is 12.7 Å². The summed E-state index contributed by atoms with van der Waals surface area (Å²) in [4.78, 5) is 30.7. The van der Waals surface area contributed by atoms with E-state index in [1.54, 1.807) is 60.4 Å². The van der Waals surface area contributed by atoms with Gasteiger partial charge in [0.1, 0.15) is 17.3 Å². The van der Waals surface area contributed by atoms with E-state index in [4.69, 9.17) is 4.42 Å². The molecule has 0 bridgehead atoms. The van der Waals surface area contributed by atoms with Crippen LogP contribution in [-0.4, -0.2) is 33.6 Å². The topological polar surface area (TPSA) is 83.1 Å². The van der Waals surface area contributed by atoms with Gasteiger partial charge in [0.2, 0.25) is 0 Å².